The third-order valence-corrected chi connectivity index (χ3v) is 5.47. The van der Waals surface area contributed by atoms with Gasteiger partial charge in [-0.15, -0.1) is 0 Å². The predicted octanol–water partition coefficient (Wildman–Crippen LogP) is 5.83. The average Bonchev–Trinajstić information content (AvgIpc) is 3.11. The number of rotatable bonds is 6. The van der Waals surface area contributed by atoms with Crippen molar-refractivity contribution in [2.24, 2.45) is 0 Å². The van der Waals surface area contributed by atoms with Gasteiger partial charge in [0.2, 0.25) is 5.91 Å². The molecule has 2 heterocycles. The smallest absolute Gasteiger partial charge is 0.274 e. The third kappa shape index (κ3) is 6.01. The summed E-state index contributed by atoms with van der Waals surface area (Å²) < 4.78 is 1.81. The van der Waals surface area contributed by atoms with Crippen LogP contribution in [0.25, 0.3) is 11.9 Å². The third-order valence-electron chi connectivity index (χ3n) is 4.57. The van der Waals surface area contributed by atoms with Gasteiger partial charge in [0.05, 0.1) is 10.7 Å². The Hall–Kier alpha value is -2.68. The SMILES string of the molecule is C/C(=C\c1cc(Cl)cc(C)c1NC(=O)c1cc(Br)nn1-c1ncccc1Cl)C(=O)NC(C)C. The summed E-state index contributed by atoms with van der Waals surface area (Å²) in [4.78, 5) is 29.9. The lowest BCUT2D eigenvalue weighted by Crippen LogP contribution is -2.30. The summed E-state index contributed by atoms with van der Waals surface area (Å²) in [5.74, 6) is -0.310. The lowest BCUT2D eigenvalue weighted by atomic mass is 10.0. The largest absolute Gasteiger partial charge is 0.350 e. The lowest BCUT2D eigenvalue weighted by Gasteiger charge is -2.15. The van der Waals surface area contributed by atoms with Crippen molar-refractivity contribution in [1.82, 2.24) is 20.1 Å². The highest BCUT2D eigenvalue weighted by atomic mass is 79.9. The van der Waals surface area contributed by atoms with E-state index in [0.29, 0.717) is 37.3 Å². The van der Waals surface area contributed by atoms with Crippen LogP contribution in [0.15, 0.2) is 46.7 Å². The number of hydrogen-bond acceptors (Lipinski definition) is 4. The molecule has 0 unspecified atom stereocenters. The summed E-state index contributed by atoms with van der Waals surface area (Å²) in [6.45, 7) is 7.30. The van der Waals surface area contributed by atoms with Crippen LogP contribution in [0.3, 0.4) is 0 Å². The monoisotopic (exact) mass is 549 g/mol. The van der Waals surface area contributed by atoms with Gasteiger partial charge in [-0.1, -0.05) is 23.2 Å². The molecule has 2 amide bonds. The Bertz CT molecular complexity index is 1250. The second-order valence-electron chi connectivity index (χ2n) is 7.67. The molecule has 10 heteroatoms. The number of amides is 2. The molecule has 1 aromatic carbocycles. The number of hydrogen-bond donors (Lipinski definition) is 2. The van der Waals surface area contributed by atoms with E-state index in [-0.39, 0.29) is 17.6 Å². The summed E-state index contributed by atoms with van der Waals surface area (Å²) in [6, 6.07) is 8.36. The lowest BCUT2D eigenvalue weighted by molar-refractivity contribution is -0.117. The molecule has 3 aromatic rings. The number of aryl methyl sites for hydroxylation is 1. The zero-order chi connectivity index (χ0) is 24.3. The van der Waals surface area contributed by atoms with Crippen LogP contribution < -0.4 is 10.6 Å². The predicted molar refractivity (Wildman–Crippen MR) is 135 cm³/mol. The number of benzene rings is 1. The molecule has 0 aliphatic rings. The fraction of sp³-hybridized carbons (Fsp3) is 0.217. The Morgan fingerprint density at radius 3 is 2.61 bits per heavy atom. The zero-order valence-corrected chi connectivity index (χ0v) is 21.5. The standard InChI is InChI=1S/C23H22BrCl2N5O2/c1-12(2)28-22(32)14(4)8-15-10-16(25)9-13(3)20(15)29-23(33)18-11-19(24)30-31(18)21-17(26)6-5-7-27-21/h5-12H,1-4H3,(H,28,32)(H,29,33)/b14-8+. The molecule has 0 bridgehead atoms. The van der Waals surface area contributed by atoms with Crippen molar-refractivity contribution in [3.63, 3.8) is 0 Å². The number of halogens is 3. The minimum Gasteiger partial charge on any atom is -0.350 e. The summed E-state index contributed by atoms with van der Waals surface area (Å²) >= 11 is 15.8. The number of aromatic nitrogens is 3. The van der Waals surface area contributed by atoms with Gasteiger partial charge in [-0.2, -0.15) is 5.10 Å². The van der Waals surface area contributed by atoms with Crippen LogP contribution in [0.2, 0.25) is 10.0 Å². The molecule has 0 radical (unpaired) electrons. The molecule has 0 aliphatic heterocycles. The average molecular weight is 551 g/mol. The first-order valence-electron chi connectivity index (χ1n) is 10.0. The first kappa shape index (κ1) is 25.0. The summed E-state index contributed by atoms with van der Waals surface area (Å²) in [5.41, 5.74) is 2.57. The van der Waals surface area contributed by atoms with Gasteiger partial charge in [0, 0.05) is 34.5 Å². The van der Waals surface area contributed by atoms with Crippen LogP contribution in [-0.2, 0) is 4.79 Å². The van der Waals surface area contributed by atoms with Gasteiger partial charge < -0.3 is 10.6 Å². The van der Waals surface area contributed by atoms with E-state index in [0.717, 1.165) is 5.56 Å². The first-order valence-corrected chi connectivity index (χ1v) is 11.6. The normalized spacial score (nSPS) is 11.6. The Kier molecular flexibility index (Phi) is 7.94. The highest BCUT2D eigenvalue weighted by molar-refractivity contribution is 9.10. The van der Waals surface area contributed by atoms with E-state index < -0.39 is 5.91 Å². The second-order valence-corrected chi connectivity index (χ2v) is 9.33. The maximum atomic E-state index is 13.3. The Balaban J connectivity index is 2.01. The van der Waals surface area contributed by atoms with E-state index in [4.69, 9.17) is 23.2 Å². The molecule has 2 aromatic heterocycles. The zero-order valence-electron chi connectivity index (χ0n) is 18.4. The molecule has 172 valence electrons. The number of nitrogens with zero attached hydrogens (tertiary/aromatic N) is 3. The molecule has 2 N–H and O–H groups in total. The molecule has 33 heavy (non-hydrogen) atoms. The van der Waals surface area contributed by atoms with Crippen LogP contribution in [0.4, 0.5) is 5.69 Å². The second kappa shape index (κ2) is 10.5. The number of nitrogens with one attached hydrogen (secondary N) is 2. The van der Waals surface area contributed by atoms with Crippen molar-refractivity contribution in [3.05, 3.63) is 73.6 Å². The van der Waals surface area contributed by atoms with Crippen LogP contribution in [0, 0.1) is 6.92 Å². The Morgan fingerprint density at radius 1 is 1.21 bits per heavy atom. The molecule has 7 nitrogen and oxygen atoms in total. The van der Waals surface area contributed by atoms with E-state index in [9.17, 15) is 9.59 Å². The maximum Gasteiger partial charge on any atom is 0.274 e. The molecule has 0 atom stereocenters. The number of anilines is 1. The van der Waals surface area contributed by atoms with Gasteiger partial charge in [0.15, 0.2) is 5.82 Å². The molecule has 3 rings (SSSR count). The van der Waals surface area contributed by atoms with E-state index in [1.807, 2.05) is 20.8 Å². The highest BCUT2D eigenvalue weighted by Crippen LogP contribution is 2.29. The van der Waals surface area contributed by atoms with Gasteiger partial charge >= 0.3 is 0 Å². The van der Waals surface area contributed by atoms with Crippen molar-refractivity contribution in [1.29, 1.82) is 0 Å². The summed E-state index contributed by atoms with van der Waals surface area (Å²) in [6.07, 6.45) is 3.25. The first-order chi connectivity index (χ1) is 15.6. The van der Waals surface area contributed by atoms with Crippen molar-refractivity contribution in [2.45, 2.75) is 33.7 Å². The van der Waals surface area contributed by atoms with E-state index in [1.165, 1.54) is 4.68 Å². The quantitative estimate of drug-likeness (QED) is 0.378. The highest BCUT2D eigenvalue weighted by Gasteiger charge is 2.20. The van der Waals surface area contributed by atoms with Crippen molar-refractivity contribution < 1.29 is 9.59 Å². The van der Waals surface area contributed by atoms with E-state index in [2.05, 4.69) is 36.6 Å². The van der Waals surface area contributed by atoms with E-state index >= 15 is 0 Å². The fourth-order valence-electron chi connectivity index (χ4n) is 3.11. The summed E-state index contributed by atoms with van der Waals surface area (Å²) in [7, 11) is 0. The minimum absolute atomic E-state index is 0.00160. The topological polar surface area (TPSA) is 88.9 Å². The number of carbonyl (C=O) groups is 2. The molecule has 0 fully saturated rings. The van der Waals surface area contributed by atoms with Crippen LogP contribution >= 0.6 is 39.1 Å². The number of pyridine rings is 1. The molecule has 0 aliphatic carbocycles. The Labute approximate surface area is 210 Å². The molecule has 0 saturated heterocycles. The van der Waals surface area contributed by atoms with Gasteiger partial charge in [-0.05, 0) is 79.5 Å². The van der Waals surface area contributed by atoms with Crippen molar-refractivity contribution in [3.8, 4) is 5.82 Å². The maximum absolute atomic E-state index is 13.3. The van der Waals surface area contributed by atoms with Gasteiger partial charge in [0.1, 0.15) is 10.3 Å². The van der Waals surface area contributed by atoms with Crippen LogP contribution in [-0.4, -0.2) is 32.6 Å². The Morgan fingerprint density at radius 2 is 1.94 bits per heavy atom. The molecular formula is C23H22BrCl2N5O2. The minimum atomic E-state index is -0.431. The van der Waals surface area contributed by atoms with Crippen LogP contribution in [0.5, 0.6) is 0 Å². The molecular weight excluding hydrogens is 529 g/mol. The van der Waals surface area contributed by atoms with E-state index in [1.54, 1.807) is 49.5 Å². The van der Waals surface area contributed by atoms with Crippen molar-refractivity contribution >= 4 is 62.7 Å². The van der Waals surface area contributed by atoms with Crippen molar-refractivity contribution in [2.75, 3.05) is 5.32 Å². The fourth-order valence-corrected chi connectivity index (χ4v) is 3.97. The van der Waals surface area contributed by atoms with Gasteiger partial charge in [0.25, 0.3) is 5.91 Å². The molecule has 0 saturated carbocycles. The van der Waals surface area contributed by atoms with Gasteiger partial charge in [-0.25, -0.2) is 9.67 Å². The van der Waals surface area contributed by atoms with Crippen LogP contribution in [0.1, 0.15) is 42.4 Å². The molecule has 0 spiro atoms. The summed E-state index contributed by atoms with van der Waals surface area (Å²) in [5, 5.41) is 10.9. The van der Waals surface area contributed by atoms with Gasteiger partial charge in [-0.3, -0.25) is 9.59 Å². The number of carbonyl (C=O) groups excluding carboxylic acids is 2.